The maximum absolute atomic E-state index is 11.5. The zero-order valence-electron chi connectivity index (χ0n) is 5.58. The molecule has 0 saturated heterocycles. The van der Waals surface area contributed by atoms with Gasteiger partial charge in [0, 0.05) is 0 Å². The molecule has 0 aromatic carbocycles. The summed E-state index contributed by atoms with van der Waals surface area (Å²) in [5.74, 6) is 0. The van der Waals surface area contributed by atoms with Crippen LogP contribution in [0.5, 0.6) is 0 Å². The topological polar surface area (TPSA) is 44.8 Å². The van der Waals surface area contributed by atoms with Crippen LogP contribution >= 0.6 is 7.82 Å². The van der Waals surface area contributed by atoms with E-state index in [9.17, 15) is 17.7 Å². The highest BCUT2D eigenvalue weighted by atomic mass is 31.2. The molecule has 0 spiro atoms. The first-order valence-corrected chi connectivity index (χ1v) is 4.20. The Balaban J connectivity index is 2.37. The van der Waals surface area contributed by atoms with Crippen molar-refractivity contribution in [2.45, 2.75) is 6.18 Å². The van der Waals surface area contributed by atoms with Gasteiger partial charge in [-0.15, -0.1) is 0 Å². The summed E-state index contributed by atoms with van der Waals surface area (Å²) >= 11 is 0. The average molecular weight is 204 g/mol. The Morgan fingerprint density at radius 3 is 2.25 bits per heavy atom. The van der Waals surface area contributed by atoms with Gasteiger partial charge in [0.1, 0.15) is 12.5 Å². The quantitative estimate of drug-likeness (QED) is 0.646. The molecule has 0 saturated carbocycles. The fraction of sp³-hybridized carbons (Fsp3) is 0.500. The van der Waals surface area contributed by atoms with Gasteiger partial charge in [0.2, 0.25) is 0 Å². The zero-order chi connectivity index (χ0) is 9.24. The normalized spacial score (nSPS) is 20.2. The molecule has 0 aliphatic carbocycles. The van der Waals surface area contributed by atoms with Crippen LogP contribution in [0.15, 0.2) is 12.5 Å². The predicted octanol–water partition coefficient (Wildman–Crippen LogP) is 2.19. The molecule has 0 amide bonds. The number of hydrogen-bond donors (Lipinski definition) is 0. The lowest BCUT2D eigenvalue weighted by molar-refractivity contribution is -0.156. The molecule has 0 N–H and O–H groups in total. The van der Waals surface area contributed by atoms with Crippen LogP contribution in [-0.2, 0) is 18.1 Å². The standard InChI is InChI=1S/C4H4F3O4P/c5-4(6,7)3-11-12(8)9-1-2-10-12/h1-2H,3H2. The van der Waals surface area contributed by atoms with Crippen LogP contribution in [0, 0.1) is 0 Å². The first-order chi connectivity index (χ1) is 5.41. The Morgan fingerprint density at radius 1 is 1.33 bits per heavy atom. The summed E-state index contributed by atoms with van der Waals surface area (Å²) in [6, 6.07) is 0. The van der Waals surface area contributed by atoms with Crippen LogP contribution in [0.4, 0.5) is 13.2 Å². The molecule has 0 atom stereocenters. The number of phosphoric ester groups is 1. The van der Waals surface area contributed by atoms with Crippen molar-refractivity contribution in [1.82, 2.24) is 0 Å². The third-order valence-corrected chi connectivity index (χ3v) is 2.03. The van der Waals surface area contributed by atoms with Crippen molar-refractivity contribution >= 4 is 7.82 Å². The summed E-state index contributed by atoms with van der Waals surface area (Å²) in [6.45, 7) is -1.66. The van der Waals surface area contributed by atoms with Gasteiger partial charge in [-0.05, 0) is 0 Å². The summed E-state index contributed by atoms with van der Waals surface area (Å²) in [7, 11) is -4.00. The van der Waals surface area contributed by atoms with E-state index >= 15 is 0 Å². The van der Waals surface area contributed by atoms with E-state index < -0.39 is 20.6 Å². The Morgan fingerprint density at radius 2 is 1.83 bits per heavy atom. The third kappa shape index (κ3) is 2.75. The molecule has 0 radical (unpaired) electrons. The summed E-state index contributed by atoms with van der Waals surface area (Å²) in [6.07, 6.45) is -2.83. The molecule has 0 aromatic heterocycles. The molecule has 1 rings (SSSR count). The first-order valence-electron chi connectivity index (χ1n) is 2.74. The Kier molecular flexibility index (Phi) is 2.34. The van der Waals surface area contributed by atoms with Gasteiger partial charge in [0.05, 0.1) is 0 Å². The lowest BCUT2D eigenvalue weighted by Crippen LogP contribution is -2.15. The van der Waals surface area contributed by atoms with Gasteiger partial charge in [-0.25, -0.2) is 4.57 Å². The zero-order valence-corrected chi connectivity index (χ0v) is 6.47. The van der Waals surface area contributed by atoms with Gasteiger partial charge in [-0.3, -0.25) is 4.52 Å². The minimum Gasteiger partial charge on any atom is -0.400 e. The van der Waals surface area contributed by atoms with Gasteiger partial charge in [-0.2, -0.15) is 13.2 Å². The molecule has 12 heavy (non-hydrogen) atoms. The van der Waals surface area contributed by atoms with Crippen molar-refractivity contribution in [3.05, 3.63) is 12.5 Å². The van der Waals surface area contributed by atoms with E-state index in [1.165, 1.54) is 0 Å². The highest BCUT2D eigenvalue weighted by molar-refractivity contribution is 7.48. The van der Waals surface area contributed by atoms with Crippen LogP contribution in [0.1, 0.15) is 0 Å². The van der Waals surface area contributed by atoms with Crippen molar-refractivity contribution in [2.75, 3.05) is 6.61 Å². The van der Waals surface area contributed by atoms with Gasteiger partial charge in [-0.1, -0.05) is 0 Å². The molecule has 4 nitrogen and oxygen atoms in total. The molecule has 70 valence electrons. The maximum atomic E-state index is 11.5. The molecular formula is C4H4F3O4P. The van der Waals surface area contributed by atoms with Crippen molar-refractivity contribution in [3.63, 3.8) is 0 Å². The molecule has 0 bridgehead atoms. The third-order valence-electron chi connectivity index (χ3n) is 0.822. The lowest BCUT2D eigenvalue weighted by Gasteiger charge is -2.10. The first kappa shape index (κ1) is 9.41. The number of halogens is 3. The number of rotatable bonds is 2. The van der Waals surface area contributed by atoms with Crippen LogP contribution in [0.3, 0.4) is 0 Å². The van der Waals surface area contributed by atoms with Gasteiger partial charge >= 0.3 is 14.0 Å². The van der Waals surface area contributed by atoms with Crippen LogP contribution < -0.4 is 0 Å². The fourth-order valence-corrected chi connectivity index (χ4v) is 1.31. The van der Waals surface area contributed by atoms with E-state index in [0.29, 0.717) is 0 Å². The molecule has 1 aliphatic heterocycles. The summed E-state index contributed by atoms with van der Waals surface area (Å²) in [5.41, 5.74) is 0. The second kappa shape index (κ2) is 2.99. The number of alkyl halides is 3. The van der Waals surface area contributed by atoms with Crippen molar-refractivity contribution in [3.8, 4) is 0 Å². The van der Waals surface area contributed by atoms with Crippen LogP contribution in [0.2, 0.25) is 0 Å². The molecule has 0 aromatic rings. The Labute approximate surface area is 65.5 Å². The monoisotopic (exact) mass is 204 g/mol. The highest BCUT2D eigenvalue weighted by Gasteiger charge is 2.38. The lowest BCUT2D eigenvalue weighted by atomic mass is 10.7. The second-order valence-electron chi connectivity index (χ2n) is 1.82. The number of phosphoric acid groups is 1. The summed E-state index contributed by atoms with van der Waals surface area (Å²) in [5, 5.41) is 0. The average Bonchev–Trinajstić information content (AvgIpc) is 2.32. The smallest absolute Gasteiger partial charge is 0.400 e. The SMILES string of the molecule is O=P1(OCC(F)(F)F)OC=CO1. The Hall–Kier alpha value is -0.680. The van der Waals surface area contributed by atoms with Gasteiger partial charge in [0.15, 0.2) is 6.61 Å². The van der Waals surface area contributed by atoms with Gasteiger partial charge < -0.3 is 9.05 Å². The predicted molar refractivity (Wildman–Crippen MR) is 30.9 cm³/mol. The van der Waals surface area contributed by atoms with E-state index in [0.717, 1.165) is 12.5 Å². The van der Waals surface area contributed by atoms with Crippen molar-refractivity contribution in [1.29, 1.82) is 0 Å². The van der Waals surface area contributed by atoms with Crippen LogP contribution in [0.25, 0.3) is 0 Å². The van der Waals surface area contributed by atoms with Crippen molar-refractivity contribution in [2.24, 2.45) is 0 Å². The molecular weight excluding hydrogens is 200 g/mol. The maximum Gasteiger partial charge on any atom is 0.586 e. The summed E-state index contributed by atoms with van der Waals surface area (Å²) in [4.78, 5) is 0. The van der Waals surface area contributed by atoms with E-state index in [2.05, 4.69) is 13.6 Å². The van der Waals surface area contributed by atoms with Gasteiger partial charge in [0.25, 0.3) is 0 Å². The summed E-state index contributed by atoms with van der Waals surface area (Å²) < 4.78 is 57.5. The van der Waals surface area contributed by atoms with Crippen molar-refractivity contribution < 1.29 is 31.3 Å². The fourth-order valence-electron chi connectivity index (χ4n) is 0.437. The molecule has 1 aliphatic rings. The highest BCUT2D eigenvalue weighted by Crippen LogP contribution is 2.53. The number of hydrogen-bond acceptors (Lipinski definition) is 4. The second-order valence-corrected chi connectivity index (χ2v) is 3.39. The van der Waals surface area contributed by atoms with E-state index in [1.807, 2.05) is 0 Å². The Bertz CT molecular complexity index is 223. The largest absolute Gasteiger partial charge is 0.586 e. The van der Waals surface area contributed by atoms with E-state index in [-0.39, 0.29) is 0 Å². The molecule has 0 fully saturated rings. The minimum atomic E-state index is -4.55. The van der Waals surface area contributed by atoms with E-state index in [4.69, 9.17) is 0 Å². The molecule has 1 heterocycles. The molecule has 8 heteroatoms. The van der Waals surface area contributed by atoms with E-state index in [1.54, 1.807) is 0 Å². The van der Waals surface area contributed by atoms with Crippen LogP contribution in [-0.4, -0.2) is 12.8 Å². The minimum absolute atomic E-state index is 0.858. The molecule has 0 unspecified atom stereocenters.